The van der Waals surface area contributed by atoms with Gasteiger partial charge in [0, 0.05) is 6.04 Å². The van der Waals surface area contributed by atoms with Crippen LogP contribution < -0.4 is 5.32 Å². The van der Waals surface area contributed by atoms with E-state index >= 15 is 0 Å². The molecule has 102 valence electrons. The highest BCUT2D eigenvalue weighted by atomic mass is 14.9. The van der Waals surface area contributed by atoms with Crippen LogP contribution in [0.1, 0.15) is 69.5 Å². The van der Waals surface area contributed by atoms with Gasteiger partial charge in [-0.2, -0.15) is 0 Å². The summed E-state index contributed by atoms with van der Waals surface area (Å²) in [4.78, 5) is 0. The van der Waals surface area contributed by atoms with Crippen LogP contribution in [0.25, 0.3) is 0 Å². The maximum atomic E-state index is 3.63. The van der Waals surface area contributed by atoms with E-state index in [9.17, 15) is 0 Å². The molecule has 1 aromatic rings. The molecule has 1 atom stereocenters. The first kappa shape index (κ1) is 15.2. The number of hydrogen-bond acceptors (Lipinski definition) is 1. The third-order valence-corrected chi connectivity index (χ3v) is 3.64. The van der Waals surface area contributed by atoms with Crippen LogP contribution in [0, 0.1) is 6.92 Å². The molecule has 0 fully saturated rings. The first-order valence-corrected chi connectivity index (χ1v) is 7.54. The molecule has 0 aromatic heterocycles. The van der Waals surface area contributed by atoms with Crippen molar-refractivity contribution in [2.45, 2.75) is 65.3 Å². The van der Waals surface area contributed by atoms with Gasteiger partial charge in [0.2, 0.25) is 0 Å². The molecule has 1 rings (SSSR count). The van der Waals surface area contributed by atoms with Gasteiger partial charge in [-0.05, 0) is 37.9 Å². The Morgan fingerprint density at radius 3 is 2.39 bits per heavy atom. The number of nitrogens with one attached hydrogen (secondary N) is 1. The highest BCUT2D eigenvalue weighted by Crippen LogP contribution is 2.16. The van der Waals surface area contributed by atoms with Gasteiger partial charge in [0.1, 0.15) is 0 Å². The standard InChI is InChI=1S/C17H29N/c1-4-5-6-7-8-11-14-18-16(3)17-13-10-9-12-15(17)2/h9-10,12-13,16,18H,4-8,11,14H2,1-3H3/t16-/m0/s1. The molecule has 1 aromatic carbocycles. The Labute approximate surface area is 113 Å². The van der Waals surface area contributed by atoms with Crippen molar-refractivity contribution in [2.75, 3.05) is 6.54 Å². The molecule has 0 aliphatic carbocycles. The fourth-order valence-electron chi connectivity index (χ4n) is 2.41. The molecule has 0 unspecified atom stereocenters. The Bertz CT molecular complexity index is 319. The summed E-state index contributed by atoms with van der Waals surface area (Å²) in [6.45, 7) is 7.87. The molecule has 0 heterocycles. The van der Waals surface area contributed by atoms with Crippen LogP contribution in [0.5, 0.6) is 0 Å². The monoisotopic (exact) mass is 247 g/mol. The molecule has 0 spiro atoms. The number of aryl methyl sites for hydroxylation is 1. The summed E-state index contributed by atoms with van der Waals surface area (Å²) < 4.78 is 0. The molecule has 18 heavy (non-hydrogen) atoms. The second-order valence-electron chi connectivity index (χ2n) is 5.30. The van der Waals surface area contributed by atoms with Gasteiger partial charge in [0.15, 0.2) is 0 Å². The second-order valence-corrected chi connectivity index (χ2v) is 5.30. The summed E-state index contributed by atoms with van der Waals surface area (Å²) in [5.41, 5.74) is 2.82. The van der Waals surface area contributed by atoms with Crippen LogP contribution in [0.3, 0.4) is 0 Å². The van der Waals surface area contributed by atoms with Crippen molar-refractivity contribution in [3.8, 4) is 0 Å². The minimum Gasteiger partial charge on any atom is -0.310 e. The van der Waals surface area contributed by atoms with Gasteiger partial charge in [-0.25, -0.2) is 0 Å². The van der Waals surface area contributed by atoms with Crippen molar-refractivity contribution in [2.24, 2.45) is 0 Å². The van der Waals surface area contributed by atoms with E-state index in [0.29, 0.717) is 6.04 Å². The van der Waals surface area contributed by atoms with E-state index < -0.39 is 0 Å². The van der Waals surface area contributed by atoms with Crippen molar-refractivity contribution < 1.29 is 0 Å². The van der Waals surface area contributed by atoms with Crippen molar-refractivity contribution >= 4 is 0 Å². The quantitative estimate of drug-likeness (QED) is 0.605. The summed E-state index contributed by atoms with van der Waals surface area (Å²) in [7, 11) is 0. The lowest BCUT2D eigenvalue weighted by atomic mass is 10.0. The van der Waals surface area contributed by atoms with Gasteiger partial charge < -0.3 is 5.32 Å². The van der Waals surface area contributed by atoms with E-state index in [1.54, 1.807) is 0 Å². The predicted molar refractivity (Wildman–Crippen MR) is 81.0 cm³/mol. The van der Waals surface area contributed by atoms with Gasteiger partial charge in [0.05, 0.1) is 0 Å². The lowest BCUT2D eigenvalue weighted by Crippen LogP contribution is -2.20. The SMILES string of the molecule is CCCCCCCCN[C@@H](C)c1ccccc1C. The zero-order valence-electron chi connectivity index (χ0n) is 12.3. The number of unbranched alkanes of at least 4 members (excludes halogenated alkanes) is 5. The van der Waals surface area contributed by atoms with E-state index in [-0.39, 0.29) is 0 Å². The van der Waals surface area contributed by atoms with E-state index in [1.807, 2.05) is 0 Å². The lowest BCUT2D eigenvalue weighted by molar-refractivity contribution is 0.526. The molecule has 1 heteroatoms. The van der Waals surface area contributed by atoms with Crippen molar-refractivity contribution in [3.63, 3.8) is 0 Å². The van der Waals surface area contributed by atoms with Crippen molar-refractivity contribution in [3.05, 3.63) is 35.4 Å². The predicted octanol–water partition coefficient (Wildman–Crippen LogP) is 5.01. The Balaban J connectivity index is 2.14. The summed E-state index contributed by atoms with van der Waals surface area (Å²) >= 11 is 0. The highest BCUT2D eigenvalue weighted by molar-refractivity contribution is 5.28. The molecule has 0 bridgehead atoms. The van der Waals surface area contributed by atoms with E-state index in [1.165, 1.54) is 49.7 Å². The summed E-state index contributed by atoms with van der Waals surface area (Å²) in [6, 6.07) is 9.14. The fourth-order valence-corrected chi connectivity index (χ4v) is 2.41. The zero-order valence-corrected chi connectivity index (χ0v) is 12.3. The van der Waals surface area contributed by atoms with Gasteiger partial charge >= 0.3 is 0 Å². The fraction of sp³-hybridized carbons (Fsp3) is 0.647. The molecule has 0 amide bonds. The molecule has 0 saturated heterocycles. The minimum absolute atomic E-state index is 0.474. The van der Waals surface area contributed by atoms with Crippen molar-refractivity contribution in [1.82, 2.24) is 5.32 Å². The normalized spacial score (nSPS) is 12.6. The van der Waals surface area contributed by atoms with Gasteiger partial charge in [-0.3, -0.25) is 0 Å². The van der Waals surface area contributed by atoms with E-state index in [0.717, 1.165) is 6.54 Å². The van der Waals surface area contributed by atoms with E-state index in [2.05, 4.69) is 50.4 Å². The largest absolute Gasteiger partial charge is 0.310 e. The van der Waals surface area contributed by atoms with Crippen LogP contribution in [0.2, 0.25) is 0 Å². The van der Waals surface area contributed by atoms with Crippen LogP contribution in [-0.4, -0.2) is 6.54 Å². The Kier molecular flexibility index (Phi) is 7.75. The van der Waals surface area contributed by atoms with Crippen molar-refractivity contribution in [1.29, 1.82) is 0 Å². The first-order chi connectivity index (χ1) is 8.75. The molecule has 0 radical (unpaired) electrons. The molecular formula is C17H29N. The molecule has 0 saturated carbocycles. The maximum Gasteiger partial charge on any atom is 0.0294 e. The second kappa shape index (κ2) is 9.16. The lowest BCUT2D eigenvalue weighted by Gasteiger charge is -2.16. The third-order valence-electron chi connectivity index (χ3n) is 3.64. The Morgan fingerprint density at radius 1 is 1.00 bits per heavy atom. The average Bonchev–Trinajstić information content (AvgIpc) is 2.38. The van der Waals surface area contributed by atoms with Crippen LogP contribution in [0.15, 0.2) is 24.3 Å². The third kappa shape index (κ3) is 5.68. The minimum atomic E-state index is 0.474. The smallest absolute Gasteiger partial charge is 0.0294 e. The van der Waals surface area contributed by atoms with Crippen LogP contribution in [0.4, 0.5) is 0 Å². The summed E-state index contributed by atoms with van der Waals surface area (Å²) in [5, 5.41) is 3.63. The van der Waals surface area contributed by atoms with Gasteiger partial charge in [0.25, 0.3) is 0 Å². The Hall–Kier alpha value is -0.820. The molecule has 1 nitrogen and oxygen atoms in total. The maximum absolute atomic E-state index is 3.63. The van der Waals surface area contributed by atoms with Gasteiger partial charge in [-0.15, -0.1) is 0 Å². The summed E-state index contributed by atoms with van der Waals surface area (Å²) in [5.74, 6) is 0. The highest BCUT2D eigenvalue weighted by Gasteiger charge is 2.05. The first-order valence-electron chi connectivity index (χ1n) is 7.54. The van der Waals surface area contributed by atoms with E-state index in [4.69, 9.17) is 0 Å². The molecular weight excluding hydrogens is 218 g/mol. The molecule has 0 aliphatic heterocycles. The van der Waals surface area contributed by atoms with Crippen LogP contribution in [-0.2, 0) is 0 Å². The average molecular weight is 247 g/mol. The topological polar surface area (TPSA) is 12.0 Å². The molecule has 0 aliphatic rings. The van der Waals surface area contributed by atoms with Gasteiger partial charge in [-0.1, -0.05) is 63.3 Å². The zero-order chi connectivity index (χ0) is 13.2. The number of benzene rings is 1. The number of rotatable bonds is 9. The van der Waals surface area contributed by atoms with Crippen LogP contribution >= 0.6 is 0 Å². The number of hydrogen-bond donors (Lipinski definition) is 1. The molecule has 1 N–H and O–H groups in total. The Morgan fingerprint density at radius 2 is 1.67 bits per heavy atom. The summed E-state index contributed by atoms with van der Waals surface area (Å²) in [6.07, 6.45) is 8.21.